The minimum Gasteiger partial charge on any atom is -0.382 e. The summed E-state index contributed by atoms with van der Waals surface area (Å²) >= 11 is 1.21. The van der Waals surface area contributed by atoms with E-state index in [9.17, 15) is 13.6 Å². The third kappa shape index (κ3) is 4.99. The third-order valence-electron chi connectivity index (χ3n) is 6.13. The van der Waals surface area contributed by atoms with Gasteiger partial charge >= 0.3 is 0 Å². The number of alkyl halides is 2. The number of rotatable bonds is 6. The van der Waals surface area contributed by atoms with E-state index >= 15 is 0 Å². The fraction of sp³-hybridized carbons (Fsp3) is 0.360. The summed E-state index contributed by atoms with van der Waals surface area (Å²) in [5.74, 6) is -3.57. The summed E-state index contributed by atoms with van der Waals surface area (Å²) in [6.45, 7) is 5.03. The second kappa shape index (κ2) is 9.94. The first kappa shape index (κ1) is 25.5. The smallest absolute Gasteiger partial charge is 0.285 e. The maximum Gasteiger partial charge on any atom is 0.285 e. The summed E-state index contributed by atoms with van der Waals surface area (Å²) in [5.41, 5.74) is 4.13. The van der Waals surface area contributed by atoms with E-state index in [2.05, 4.69) is 37.0 Å². The number of amides is 1. The first-order valence-electron chi connectivity index (χ1n) is 12.0. The Kier molecular flexibility index (Phi) is 6.66. The highest BCUT2D eigenvalue weighted by molar-refractivity contribution is 7.18. The number of halogens is 2. The maximum absolute atomic E-state index is 14.7. The molecule has 1 fully saturated rings. The molecule has 1 saturated heterocycles. The van der Waals surface area contributed by atoms with E-state index in [1.54, 1.807) is 16.8 Å². The Bertz CT molecular complexity index is 1540. The lowest BCUT2D eigenvalue weighted by molar-refractivity contribution is -0.124. The van der Waals surface area contributed by atoms with Crippen molar-refractivity contribution in [2.75, 3.05) is 23.3 Å². The number of carbonyl (C=O) groups is 1. The molecule has 1 amide bonds. The van der Waals surface area contributed by atoms with E-state index in [1.807, 2.05) is 32.0 Å². The molecule has 1 atom stereocenters. The lowest BCUT2D eigenvalue weighted by atomic mass is 10.0. The number of fused-ring (bicyclic) bond motifs is 1. The van der Waals surface area contributed by atoms with Crippen LogP contribution >= 0.6 is 11.3 Å². The van der Waals surface area contributed by atoms with Crippen molar-refractivity contribution in [3.8, 4) is 28.0 Å². The van der Waals surface area contributed by atoms with E-state index in [0.29, 0.717) is 33.5 Å². The van der Waals surface area contributed by atoms with Gasteiger partial charge in [0, 0.05) is 31.4 Å². The van der Waals surface area contributed by atoms with Crippen LogP contribution < -0.4 is 15.5 Å². The van der Waals surface area contributed by atoms with E-state index in [1.165, 1.54) is 29.4 Å². The predicted molar refractivity (Wildman–Crippen MR) is 140 cm³/mol. The molecule has 0 spiro atoms. The van der Waals surface area contributed by atoms with Gasteiger partial charge in [0.25, 0.3) is 5.92 Å². The summed E-state index contributed by atoms with van der Waals surface area (Å²) < 4.78 is 31.1. The largest absolute Gasteiger partial charge is 0.382 e. The topological polar surface area (TPSA) is 124 Å². The Balaban J connectivity index is 1.45. The average molecular weight is 538 g/mol. The number of piperidine rings is 1. The number of nitrogens with one attached hydrogen (secondary N) is 2. The number of pyridine rings is 1. The van der Waals surface area contributed by atoms with Gasteiger partial charge in [-0.25, -0.2) is 13.3 Å². The van der Waals surface area contributed by atoms with Crippen LogP contribution in [0.2, 0.25) is 0 Å². The molecule has 4 aromatic heterocycles. The van der Waals surface area contributed by atoms with Crippen molar-refractivity contribution in [2.24, 2.45) is 0 Å². The minimum atomic E-state index is -3.09. The second-order valence-electron chi connectivity index (χ2n) is 9.44. The van der Waals surface area contributed by atoms with Crippen molar-refractivity contribution in [1.29, 1.82) is 5.26 Å². The minimum absolute atomic E-state index is 0.100. The van der Waals surface area contributed by atoms with E-state index in [4.69, 9.17) is 5.26 Å². The number of carbonyl (C=O) groups excluding carboxylic acids is 1. The Morgan fingerprint density at radius 1 is 1.26 bits per heavy atom. The molecule has 1 aliphatic heterocycles. The zero-order valence-corrected chi connectivity index (χ0v) is 21.8. The monoisotopic (exact) mass is 537 g/mol. The highest BCUT2D eigenvalue weighted by Gasteiger charge is 2.45. The first-order valence-corrected chi connectivity index (χ1v) is 12.8. The fourth-order valence-electron chi connectivity index (χ4n) is 4.43. The van der Waals surface area contributed by atoms with Crippen molar-refractivity contribution in [1.82, 2.24) is 30.1 Å². The number of nitriles is 1. The Hall–Kier alpha value is -4.18. The van der Waals surface area contributed by atoms with E-state index < -0.39 is 24.4 Å². The predicted octanol–water partition coefficient (Wildman–Crippen LogP) is 3.96. The van der Waals surface area contributed by atoms with Crippen molar-refractivity contribution in [3.63, 3.8) is 0 Å². The summed E-state index contributed by atoms with van der Waals surface area (Å²) in [6.07, 6.45) is 3.29. The Labute approximate surface area is 221 Å². The number of anilines is 2. The normalized spacial score (nSPS) is 17.0. The zero-order chi connectivity index (χ0) is 27.0. The highest BCUT2D eigenvalue weighted by atomic mass is 32.1. The van der Waals surface area contributed by atoms with Crippen LogP contribution in [0.3, 0.4) is 0 Å². The molecule has 196 valence electrons. The molecule has 10 nitrogen and oxygen atoms in total. The number of aromatic nitrogens is 5. The van der Waals surface area contributed by atoms with Gasteiger partial charge < -0.3 is 15.5 Å². The summed E-state index contributed by atoms with van der Waals surface area (Å²) in [7, 11) is 0. The summed E-state index contributed by atoms with van der Waals surface area (Å²) in [5, 5.41) is 28.7. The lowest BCUT2D eigenvalue weighted by Gasteiger charge is -2.38. The van der Waals surface area contributed by atoms with Crippen LogP contribution in [0.5, 0.6) is 0 Å². The van der Waals surface area contributed by atoms with Gasteiger partial charge in [-0.05, 0) is 44.5 Å². The fourth-order valence-corrected chi connectivity index (χ4v) is 5.32. The Morgan fingerprint density at radius 3 is 2.79 bits per heavy atom. The zero-order valence-electron chi connectivity index (χ0n) is 20.9. The van der Waals surface area contributed by atoms with Crippen molar-refractivity contribution < 1.29 is 13.6 Å². The molecule has 0 aliphatic carbocycles. The van der Waals surface area contributed by atoms with Crippen molar-refractivity contribution in [3.05, 3.63) is 42.2 Å². The van der Waals surface area contributed by atoms with Crippen LogP contribution in [0.15, 0.2) is 36.7 Å². The van der Waals surface area contributed by atoms with Gasteiger partial charge in [0.15, 0.2) is 5.01 Å². The van der Waals surface area contributed by atoms with E-state index in [0.717, 1.165) is 16.9 Å². The van der Waals surface area contributed by atoms with Crippen LogP contribution in [0.4, 0.5) is 19.6 Å². The molecule has 0 saturated carbocycles. The van der Waals surface area contributed by atoms with Gasteiger partial charge in [-0.1, -0.05) is 11.3 Å². The molecule has 2 N–H and O–H groups in total. The lowest BCUT2D eigenvalue weighted by Crippen LogP contribution is -2.58. The number of hydrogen-bond donors (Lipinski definition) is 2. The molecule has 0 unspecified atom stereocenters. The van der Waals surface area contributed by atoms with Gasteiger partial charge in [-0.2, -0.15) is 10.4 Å². The molecule has 1 aliphatic rings. The molecular formula is C25H25F2N9OS. The van der Waals surface area contributed by atoms with Crippen LogP contribution in [0.25, 0.3) is 27.5 Å². The van der Waals surface area contributed by atoms with Gasteiger partial charge in [-0.15, -0.1) is 10.2 Å². The summed E-state index contributed by atoms with van der Waals surface area (Å²) in [6, 6.07) is 8.39. The molecule has 4 aromatic rings. The second-order valence-corrected chi connectivity index (χ2v) is 10.4. The summed E-state index contributed by atoms with van der Waals surface area (Å²) in [4.78, 5) is 17.4. The molecule has 5 rings (SSSR count). The van der Waals surface area contributed by atoms with Crippen molar-refractivity contribution in [2.45, 2.75) is 45.2 Å². The number of nitrogens with zero attached hydrogens (tertiary/aromatic N) is 7. The van der Waals surface area contributed by atoms with Gasteiger partial charge in [0.1, 0.15) is 6.07 Å². The van der Waals surface area contributed by atoms with E-state index in [-0.39, 0.29) is 12.5 Å². The van der Waals surface area contributed by atoms with Gasteiger partial charge in [0.05, 0.1) is 46.8 Å². The van der Waals surface area contributed by atoms with Crippen LogP contribution in [-0.4, -0.2) is 61.8 Å². The van der Waals surface area contributed by atoms with Crippen LogP contribution in [-0.2, 0) is 4.79 Å². The van der Waals surface area contributed by atoms with Crippen LogP contribution in [0, 0.1) is 11.3 Å². The molecule has 0 bridgehead atoms. The quantitative estimate of drug-likeness (QED) is 0.379. The molecule has 0 radical (unpaired) electrons. The van der Waals surface area contributed by atoms with Gasteiger partial charge in [0.2, 0.25) is 11.0 Å². The third-order valence-corrected chi connectivity index (χ3v) is 7.15. The Morgan fingerprint density at radius 2 is 2.08 bits per heavy atom. The first-order chi connectivity index (χ1) is 18.1. The number of hydrogen-bond acceptors (Lipinski definition) is 9. The standard InChI is InChI=1S/C25H25F2N9OS/c1-14(2)31-19-9-20(21-5-4-17-8-16(10-28)11-30-36(17)21)29-12-18(19)23-33-34-24(38-23)35-7-6-22(32-15(3)37)25(26,27)13-35/h4-5,8-9,11-12,14,22H,6-7,13H2,1-3H3,(H,29,31)(H,32,37)/t22-/m1/s1. The molecule has 0 aromatic carbocycles. The maximum atomic E-state index is 14.7. The molecule has 13 heteroatoms. The SMILES string of the molecule is CC(=O)N[C@@H]1CCN(c2nnc(-c3cnc(-c4ccc5cc(C#N)cnn45)cc3NC(C)C)s2)CC1(F)F. The average Bonchev–Trinajstić information content (AvgIpc) is 3.51. The van der Waals surface area contributed by atoms with Gasteiger partial charge in [-0.3, -0.25) is 9.78 Å². The molecule has 5 heterocycles. The molecular weight excluding hydrogens is 512 g/mol. The van der Waals surface area contributed by atoms with Crippen molar-refractivity contribution >= 4 is 33.6 Å². The molecule has 38 heavy (non-hydrogen) atoms. The highest BCUT2D eigenvalue weighted by Crippen LogP contribution is 2.38. The van der Waals surface area contributed by atoms with Crippen LogP contribution in [0.1, 0.15) is 32.8 Å².